The van der Waals surface area contributed by atoms with Crippen molar-refractivity contribution in [3.63, 3.8) is 0 Å². The Labute approximate surface area is 136 Å². The van der Waals surface area contributed by atoms with Crippen LogP contribution in [0.1, 0.15) is 45.6 Å². The summed E-state index contributed by atoms with van der Waals surface area (Å²) >= 11 is 0. The Kier molecular flexibility index (Phi) is 5.46. The highest BCUT2D eigenvalue weighted by Gasteiger charge is 2.29. The molecular weight excluding hydrogens is 299 g/mol. The molecule has 1 aliphatic rings. The number of phenols is 1. The molecule has 1 aromatic rings. The molecule has 3 N–H and O–H groups in total. The Morgan fingerprint density at radius 1 is 1.30 bits per heavy atom. The van der Waals surface area contributed by atoms with Crippen LogP contribution in [0.15, 0.2) is 18.2 Å². The molecule has 23 heavy (non-hydrogen) atoms. The molecule has 0 aliphatic heterocycles. The van der Waals surface area contributed by atoms with Crippen molar-refractivity contribution in [2.75, 3.05) is 0 Å². The van der Waals surface area contributed by atoms with E-state index in [1.165, 1.54) is 12.1 Å². The first-order valence-electron chi connectivity index (χ1n) is 7.94. The minimum absolute atomic E-state index is 0.00740. The largest absolute Gasteiger partial charge is 0.508 e. The van der Waals surface area contributed by atoms with E-state index in [4.69, 9.17) is 4.74 Å². The van der Waals surface area contributed by atoms with Crippen molar-refractivity contribution in [3.05, 3.63) is 29.6 Å². The van der Waals surface area contributed by atoms with Crippen molar-refractivity contribution in [2.24, 2.45) is 0 Å². The van der Waals surface area contributed by atoms with E-state index in [1.807, 2.05) is 20.8 Å². The second-order valence-electron chi connectivity index (χ2n) is 6.99. The number of halogens is 1. The molecule has 2 atom stereocenters. The quantitative estimate of drug-likeness (QED) is 0.796. The lowest BCUT2D eigenvalue weighted by atomic mass is 10.1. The summed E-state index contributed by atoms with van der Waals surface area (Å²) in [7, 11) is 0. The molecule has 1 aliphatic carbocycles. The zero-order chi connectivity index (χ0) is 17.0. The number of nitrogens with one attached hydrogen (secondary N) is 2. The van der Waals surface area contributed by atoms with Gasteiger partial charge in [-0.2, -0.15) is 0 Å². The van der Waals surface area contributed by atoms with E-state index in [-0.39, 0.29) is 17.8 Å². The van der Waals surface area contributed by atoms with Gasteiger partial charge in [-0.1, -0.05) is 0 Å². The van der Waals surface area contributed by atoms with Crippen molar-refractivity contribution in [3.8, 4) is 5.75 Å². The third-order valence-corrected chi connectivity index (χ3v) is 3.73. The smallest absolute Gasteiger partial charge is 0.407 e. The van der Waals surface area contributed by atoms with Crippen LogP contribution in [0.4, 0.5) is 9.18 Å². The number of benzene rings is 1. The van der Waals surface area contributed by atoms with Crippen LogP contribution in [0.25, 0.3) is 0 Å². The summed E-state index contributed by atoms with van der Waals surface area (Å²) in [4.78, 5) is 11.9. The number of phenolic OH excluding ortho intramolecular Hbond substituents is 1. The summed E-state index contributed by atoms with van der Waals surface area (Å²) < 4.78 is 18.6. The number of aromatic hydroxyl groups is 1. The fourth-order valence-corrected chi connectivity index (χ4v) is 2.82. The number of hydrogen-bond acceptors (Lipinski definition) is 4. The number of carbonyl (C=O) groups excluding carboxylic acids is 1. The fourth-order valence-electron chi connectivity index (χ4n) is 2.82. The molecule has 0 spiro atoms. The van der Waals surface area contributed by atoms with Gasteiger partial charge >= 0.3 is 6.09 Å². The molecule has 0 bridgehead atoms. The maximum absolute atomic E-state index is 13.3. The molecule has 5 nitrogen and oxygen atoms in total. The molecule has 2 unspecified atom stereocenters. The molecule has 128 valence electrons. The highest BCUT2D eigenvalue weighted by Crippen LogP contribution is 2.21. The van der Waals surface area contributed by atoms with Crippen LogP contribution in [0.5, 0.6) is 5.75 Å². The van der Waals surface area contributed by atoms with Gasteiger partial charge in [-0.25, -0.2) is 9.18 Å². The van der Waals surface area contributed by atoms with E-state index in [9.17, 15) is 14.3 Å². The molecule has 0 saturated heterocycles. The van der Waals surface area contributed by atoms with Crippen molar-refractivity contribution >= 4 is 6.09 Å². The number of hydrogen-bond donors (Lipinski definition) is 3. The van der Waals surface area contributed by atoms with Crippen molar-refractivity contribution < 1.29 is 19.0 Å². The Balaban J connectivity index is 1.88. The predicted molar refractivity (Wildman–Crippen MR) is 85.7 cm³/mol. The van der Waals surface area contributed by atoms with Crippen LogP contribution in [0.2, 0.25) is 0 Å². The second kappa shape index (κ2) is 7.17. The Hall–Kier alpha value is -1.82. The van der Waals surface area contributed by atoms with Gasteiger partial charge in [0.1, 0.15) is 17.2 Å². The van der Waals surface area contributed by atoms with Gasteiger partial charge in [0, 0.05) is 24.7 Å². The minimum atomic E-state index is -0.523. The average molecular weight is 324 g/mol. The van der Waals surface area contributed by atoms with Crippen LogP contribution < -0.4 is 10.6 Å². The maximum atomic E-state index is 13.3. The highest BCUT2D eigenvalue weighted by molar-refractivity contribution is 5.68. The first-order valence-corrected chi connectivity index (χ1v) is 7.94. The van der Waals surface area contributed by atoms with Crippen molar-refractivity contribution in [2.45, 2.75) is 64.3 Å². The van der Waals surface area contributed by atoms with Gasteiger partial charge in [0.15, 0.2) is 0 Å². The predicted octanol–water partition coefficient (Wildman–Crippen LogP) is 3.07. The summed E-state index contributed by atoms with van der Waals surface area (Å²) in [6.07, 6.45) is 2.40. The normalized spacial score (nSPS) is 21.2. The summed E-state index contributed by atoms with van der Waals surface area (Å²) in [5.41, 5.74) is 0.149. The van der Waals surface area contributed by atoms with E-state index in [0.717, 1.165) is 25.3 Å². The van der Waals surface area contributed by atoms with Gasteiger partial charge in [0.2, 0.25) is 0 Å². The standard InChI is InChI=1S/C17H25FN2O3/c1-17(2,3)23-16(22)20-15-6-4-5-14(15)19-10-11-7-12(18)9-13(21)8-11/h7-9,14-15,19,21H,4-6,10H2,1-3H3,(H,20,22). The number of alkyl carbamates (subject to hydrolysis) is 1. The van der Waals surface area contributed by atoms with Crippen molar-refractivity contribution in [1.82, 2.24) is 10.6 Å². The molecule has 2 rings (SSSR count). The van der Waals surface area contributed by atoms with Gasteiger partial charge in [0.25, 0.3) is 0 Å². The highest BCUT2D eigenvalue weighted by atomic mass is 19.1. The molecular formula is C17H25FN2O3. The number of carbonyl (C=O) groups is 1. The molecule has 6 heteroatoms. The van der Waals surface area contributed by atoms with E-state index < -0.39 is 17.5 Å². The molecule has 0 heterocycles. The van der Waals surface area contributed by atoms with E-state index in [2.05, 4.69) is 10.6 Å². The number of rotatable bonds is 4. The van der Waals surface area contributed by atoms with Gasteiger partial charge in [-0.15, -0.1) is 0 Å². The summed E-state index contributed by atoms with van der Waals surface area (Å²) in [6.45, 7) is 5.91. The van der Waals surface area contributed by atoms with Crippen molar-refractivity contribution in [1.29, 1.82) is 0 Å². The summed E-state index contributed by atoms with van der Waals surface area (Å²) in [5.74, 6) is -0.548. The number of ether oxygens (including phenoxy) is 1. The van der Waals surface area contributed by atoms with Gasteiger partial charge < -0.3 is 20.5 Å². The molecule has 1 saturated carbocycles. The summed E-state index contributed by atoms with van der Waals surface area (Å²) in [5, 5.41) is 15.6. The zero-order valence-corrected chi connectivity index (χ0v) is 13.9. The molecule has 1 fully saturated rings. The molecule has 1 aromatic carbocycles. The zero-order valence-electron chi connectivity index (χ0n) is 13.9. The van der Waals surface area contributed by atoms with Crippen LogP contribution in [-0.4, -0.2) is 28.9 Å². The van der Waals surface area contributed by atoms with Crippen LogP contribution >= 0.6 is 0 Å². The Bertz CT molecular complexity index is 537. The first kappa shape index (κ1) is 17.5. The van der Waals surface area contributed by atoms with Gasteiger partial charge in [-0.05, 0) is 57.7 Å². The van der Waals surface area contributed by atoms with Crippen LogP contribution in [-0.2, 0) is 11.3 Å². The molecule has 0 aromatic heterocycles. The topological polar surface area (TPSA) is 70.6 Å². The lowest BCUT2D eigenvalue weighted by Crippen LogP contribution is -2.47. The Morgan fingerprint density at radius 2 is 2.00 bits per heavy atom. The van der Waals surface area contributed by atoms with E-state index >= 15 is 0 Å². The first-order chi connectivity index (χ1) is 10.7. The number of amides is 1. The minimum Gasteiger partial charge on any atom is -0.508 e. The van der Waals surface area contributed by atoms with E-state index in [1.54, 1.807) is 0 Å². The summed E-state index contributed by atoms with van der Waals surface area (Å²) in [6, 6.07) is 4.09. The molecule has 1 amide bonds. The van der Waals surface area contributed by atoms with Crippen LogP contribution in [0, 0.1) is 5.82 Å². The Morgan fingerprint density at radius 3 is 2.65 bits per heavy atom. The monoisotopic (exact) mass is 324 g/mol. The lowest BCUT2D eigenvalue weighted by molar-refractivity contribution is 0.0498. The average Bonchev–Trinajstić information content (AvgIpc) is 2.80. The fraction of sp³-hybridized carbons (Fsp3) is 0.588. The van der Waals surface area contributed by atoms with Gasteiger partial charge in [-0.3, -0.25) is 0 Å². The maximum Gasteiger partial charge on any atom is 0.407 e. The SMILES string of the molecule is CC(C)(C)OC(=O)NC1CCCC1NCc1cc(O)cc(F)c1. The van der Waals surface area contributed by atoms with Gasteiger partial charge in [0.05, 0.1) is 0 Å². The third-order valence-electron chi connectivity index (χ3n) is 3.73. The second-order valence-corrected chi connectivity index (χ2v) is 6.99. The molecule has 0 radical (unpaired) electrons. The van der Waals surface area contributed by atoms with E-state index in [0.29, 0.717) is 12.1 Å². The van der Waals surface area contributed by atoms with Crippen LogP contribution in [0.3, 0.4) is 0 Å². The third kappa shape index (κ3) is 5.71. The lowest BCUT2D eigenvalue weighted by Gasteiger charge is -2.25.